The SMILES string of the molecule is CC(=O)N[C@@H]1CNCCO[C@H]1c1ccc(Cl)c(I)c1. The number of nitrogens with one attached hydrogen (secondary N) is 2. The number of amides is 1. The third-order valence-corrected chi connectivity index (χ3v) is 4.51. The maximum Gasteiger partial charge on any atom is 0.217 e. The zero-order chi connectivity index (χ0) is 13.8. The Balaban J connectivity index is 2.25. The van der Waals surface area contributed by atoms with E-state index in [0.717, 1.165) is 20.7 Å². The molecule has 0 radical (unpaired) electrons. The molecule has 4 nitrogen and oxygen atoms in total. The summed E-state index contributed by atoms with van der Waals surface area (Å²) in [6.45, 7) is 3.63. The quantitative estimate of drug-likeness (QED) is 0.756. The van der Waals surface area contributed by atoms with Crippen LogP contribution in [0.25, 0.3) is 0 Å². The summed E-state index contributed by atoms with van der Waals surface area (Å²) in [5.74, 6) is -0.0500. The molecule has 2 atom stereocenters. The molecule has 1 fully saturated rings. The summed E-state index contributed by atoms with van der Waals surface area (Å²) < 4.78 is 6.86. The number of carbonyl (C=O) groups is 1. The number of benzene rings is 1. The van der Waals surface area contributed by atoms with Crippen molar-refractivity contribution in [3.8, 4) is 0 Å². The van der Waals surface area contributed by atoms with E-state index in [9.17, 15) is 4.79 Å². The van der Waals surface area contributed by atoms with Gasteiger partial charge in [-0.2, -0.15) is 0 Å². The number of halogens is 2. The van der Waals surface area contributed by atoms with Crippen LogP contribution in [0.2, 0.25) is 5.02 Å². The van der Waals surface area contributed by atoms with E-state index in [0.29, 0.717) is 13.2 Å². The first-order valence-corrected chi connectivity index (χ1v) is 7.58. The number of rotatable bonds is 2. The van der Waals surface area contributed by atoms with Crippen molar-refractivity contribution in [2.24, 2.45) is 0 Å². The highest BCUT2D eigenvalue weighted by Gasteiger charge is 2.27. The van der Waals surface area contributed by atoms with Gasteiger partial charge in [-0.3, -0.25) is 4.79 Å². The van der Waals surface area contributed by atoms with E-state index in [1.54, 1.807) is 0 Å². The first-order chi connectivity index (χ1) is 9.08. The van der Waals surface area contributed by atoms with E-state index in [1.807, 2.05) is 18.2 Å². The molecule has 2 rings (SSSR count). The van der Waals surface area contributed by atoms with Gasteiger partial charge in [0.2, 0.25) is 5.91 Å². The summed E-state index contributed by atoms with van der Waals surface area (Å²) >= 11 is 8.24. The Kier molecular flexibility index (Phi) is 5.44. The van der Waals surface area contributed by atoms with Gasteiger partial charge >= 0.3 is 0 Å². The molecule has 1 aromatic rings. The molecule has 0 saturated carbocycles. The van der Waals surface area contributed by atoms with Crippen molar-refractivity contribution in [3.05, 3.63) is 32.4 Å². The van der Waals surface area contributed by atoms with Gasteiger partial charge in [0.05, 0.1) is 17.7 Å². The van der Waals surface area contributed by atoms with Gasteiger partial charge in [0, 0.05) is 23.6 Å². The van der Waals surface area contributed by atoms with Crippen molar-refractivity contribution in [1.82, 2.24) is 10.6 Å². The highest BCUT2D eigenvalue weighted by Crippen LogP contribution is 2.27. The van der Waals surface area contributed by atoms with Gasteiger partial charge in [-0.25, -0.2) is 0 Å². The van der Waals surface area contributed by atoms with Gasteiger partial charge in [0.25, 0.3) is 0 Å². The molecule has 1 aliphatic heterocycles. The van der Waals surface area contributed by atoms with Crippen LogP contribution in [0.1, 0.15) is 18.6 Å². The molecule has 0 unspecified atom stereocenters. The fraction of sp³-hybridized carbons (Fsp3) is 0.462. The van der Waals surface area contributed by atoms with Crippen molar-refractivity contribution < 1.29 is 9.53 Å². The van der Waals surface area contributed by atoms with E-state index in [1.165, 1.54) is 6.92 Å². The Morgan fingerprint density at radius 1 is 1.58 bits per heavy atom. The molecule has 1 amide bonds. The minimum Gasteiger partial charge on any atom is -0.370 e. The van der Waals surface area contributed by atoms with E-state index in [2.05, 4.69) is 33.2 Å². The molecule has 2 N–H and O–H groups in total. The van der Waals surface area contributed by atoms with Crippen LogP contribution in [0.15, 0.2) is 18.2 Å². The summed E-state index contributed by atoms with van der Waals surface area (Å²) in [5.41, 5.74) is 1.04. The van der Waals surface area contributed by atoms with Crippen LogP contribution in [0.4, 0.5) is 0 Å². The monoisotopic (exact) mass is 394 g/mol. The van der Waals surface area contributed by atoms with Crippen LogP contribution < -0.4 is 10.6 Å². The minimum atomic E-state index is -0.148. The zero-order valence-corrected chi connectivity index (χ0v) is 13.5. The smallest absolute Gasteiger partial charge is 0.217 e. The molecule has 0 aromatic heterocycles. The molecule has 6 heteroatoms. The summed E-state index contributed by atoms with van der Waals surface area (Å²) in [6, 6.07) is 5.76. The van der Waals surface area contributed by atoms with Crippen LogP contribution >= 0.6 is 34.2 Å². The zero-order valence-electron chi connectivity index (χ0n) is 10.6. The average molecular weight is 395 g/mol. The van der Waals surface area contributed by atoms with E-state index < -0.39 is 0 Å². The average Bonchev–Trinajstić information content (AvgIpc) is 2.57. The van der Waals surface area contributed by atoms with Crippen LogP contribution in [0.3, 0.4) is 0 Å². The van der Waals surface area contributed by atoms with E-state index >= 15 is 0 Å². The Labute approximate surface area is 131 Å². The van der Waals surface area contributed by atoms with E-state index in [-0.39, 0.29) is 18.1 Å². The molecular formula is C13H16ClIN2O2. The van der Waals surface area contributed by atoms with Crippen molar-refractivity contribution in [2.75, 3.05) is 19.7 Å². The van der Waals surface area contributed by atoms with Crippen LogP contribution in [0.5, 0.6) is 0 Å². The van der Waals surface area contributed by atoms with Gasteiger partial charge < -0.3 is 15.4 Å². The van der Waals surface area contributed by atoms with Gasteiger partial charge in [0.15, 0.2) is 0 Å². The fourth-order valence-corrected chi connectivity index (χ4v) is 2.80. The Morgan fingerprint density at radius 3 is 3.05 bits per heavy atom. The summed E-state index contributed by atoms with van der Waals surface area (Å²) in [5, 5.41) is 6.93. The van der Waals surface area contributed by atoms with Crippen LogP contribution in [0, 0.1) is 3.57 Å². The Bertz CT molecular complexity index is 470. The molecule has 104 valence electrons. The second kappa shape index (κ2) is 6.88. The molecule has 0 spiro atoms. The lowest BCUT2D eigenvalue weighted by Crippen LogP contribution is -2.43. The number of ether oxygens (including phenoxy) is 1. The number of hydrogen-bond acceptors (Lipinski definition) is 3. The summed E-state index contributed by atoms with van der Waals surface area (Å²) in [7, 11) is 0. The molecular weight excluding hydrogens is 379 g/mol. The number of carbonyl (C=O) groups excluding carboxylic acids is 1. The first kappa shape index (κ1) is 15.0. The molecule has 1 aliphatic rings. The van der Waals surface area contributed by atoms with Crippen molar-refractivity contribution >= 4 is 40.1 Å². The van der Waals surface area contributed by atoms with E-state index in [4.69, 9.17) is 16.3 Å². The number of hydrogen-bond donors (Lipinski definition) is 2. The molecule has 0 aliphatic carbocycles. The standard InChI is InChI=1S/C13H16ClIN2O2/c1-8(18)17-12-7-16-4-5-19-13(12)9-2-3-10(14)11(15)6-9/h2-3,6,12-13,16H,4-5,7H2,1H3,(H,17,18)/t12-,13+/m1/s1. The van der Waals surface area contributed by atoms with Gasteiger partial charge in [-0.1, -0.05) is 17.7 Å². The third kappa shape index (κ3) is 4.05. The minimum absolute atomic E-state index is 0.0500. The second-order valence-electron chi connectivity index (χ2n) is 4.48. The Hall–Kier alpha value is -0.370. The van der Waals surface area contributed by atoms with Crippen LogP contribution in [-0.2, 0) is 9.53 Å². The maximum atomic E-state index is 11.3. The van der Waals surface area contributed by atoms with Crippen molar-refractivity contribution in [3.63, 3.8) is 0 Å². The van der Waals surface area contributed by atoms with Gasteiger partial charge in [0.1, 0.15) is 6.10 Å². The molecule has 1 aromatic carbocycles. The van der Waals surface area contributed by atoms with Gasteiger partial charge in [-0.15, -0.1) is 0 Å². The lowest BCUT2D eigenvalue weighted by Gasteiger charge is -2.26. The third-order valence-electron chi connectivity index (χ3n) is 2.97. The molecule has 1 saturated heterocycles. The highest BCUT2D eigenvalue weighted by atomic mass is 127. The normalized spacial score (nSPS) is 23.7. The highest BCUT2D eigenvalue weighted by molar-refractivity contribution is 14.1. The molecule has 0 bridgehead atoms. The lowest BCUT2D eigenvalue weighted by atomic mass is 10.0. The molecule has 19 heavy (non-hydrogen) atoms. The lowest BCUT2D eigenvalue weighted by molar-refractivity contribution is -0.120. The molecule has 1 heterocycles. The predicted octanol–water partition coefficient (Wildman–Crippen LogP) is 2.11. The Morgan fingerprint density at radius 2 is 2.37 bits per heavy atom. The predicted molar refractivity (Wildman–Crippen MR) is 83.3 cm³/mol. The fourth-order valence-electron chi connectivity index (χ4n) is 2.14. The second-order valence-corrected chi connectivity index (χ2v) is 6.05. The first-order valence-electron chi connectivity index (χ1n) is 6.12. The topological polar surface area (TPSA) is 50.4 Å². The maximum absolute atomic E-state index is 11.3. The van der Waals surface area contributed by atoms with Crippen LogP contribution in [-0.4, -0.2) is 31.6 Å². The summed E-state index contributed by atoms with van der Waals surface area (Å²) in [6.07, 6.45) is -0.148. The summed E-state index contributed by atoms with van der Waals surface area (Å²) in [4.78, 5) is 11.3. The van der Waals surface area contributed by atoms with Crippen molar-refractivity contribution in [1.29, 1.82) is 0 Å². The van der Waals surface area contributed by atoms with Crippen molar-refractivity contribution in [2.45, 2.75) is 19.1 Å². The van der Waals surface area contributed by atoms with Gasteiger partial charge in [-0.05, 0) is 40.3 Å². The largest absolute Gasteiger partial charge is 0.370 e.